The highest BCUT2D eigenvalue weighted by atomic mass is 16.2. The topological polar surface area (TPSA) is 79.3 Å². The number of nitrogens with zero attached hydrogens (tertiary/aromatic N) is 3. The molecule has 0 unspecified atom stereocenters. The molecule has 1 aromatic rings. The molecule has 2 heterocycles. The van der Waals surface area contributed by atoms with Crippen molar-refractivity contribution in [3.8, 4) is 0 Å². The van der Waals surface area contributed by atoms with Crippen molar-refractivity contribution in [2.75, 3.05) is 19.6 Å². The molecule has 122 valence electrons. The first kappa shape index (κ1) is 16.3. The van der Waals surface area contributed by atoms with E-state index in [0.717, 1.165) is 25.8 Å². The van der Waals surface area contributed by atoms with Crippen LogP contribution >= 0.6 is 0 Å². The van der Waals surface area contributed by atoms with E-state index in [2.05, 4.69) is 15.7 Å². The zero-order valence-electron chi connectivity index (χ0n) is 13.1. The Kier molecular flexibility index (Phi) is 6.24. The number of hydrogen-bond acceptors (Lipinski definition) is 3. The molecule has 1 aliphatic rings. The standard InChI is InChI=1S/C15H25N5O2/c1-13(12-20-10-5-7-17-20)18-15(22)16-8-11-19-9-4-2-3-6-14(19)21/h5,7,10,13H,2-4,6,8-9,11-12H2,1H3,(H2,16,18,22)/t13-/m0/s1. The van der Waals surface area contributed by atoms with Gasteiger partial charge in [0.1, 0.15) is 0 Å². The Balaban J connectivity index is 1.63. The second kappa shape index (κ2) is 8.41. The van der Waals surface area contributed by atoms with Gasteiger partial charge in [0.15, 0.2) is 0 Å². The maximum atomic E-state index is 11.8. The number of aromatic nitrogens is 2. The second-order valence-electron chi connectivity index (χ2n) is 5.72. The Labute approximate surface area is 131 Å². The summed E-state index contributed by atoms with van der Waals surface area (Å²) in [6, 6.07) is 1.63. The predicted octanol–water partition coefficient (Wildman–Crippen LogP) is 0.973. The molecule has 1 aliphatic heterocycles. The molecular weight excluding hydrogens is 282 g/mol. The molecule has 1 aromatic heterocycles. The van der Waals surface area contributed by atoms with E-state index in [1.54, 1.807) is 10.9 Å². The van der Waals surface area contributed by atoms with Crippen LogP contribution in [0.3, 0.4) is 0 Å². The second-order valence-corrected chi connectivity index (χ2v) is 5.72. The third-order valence-corrected chi connectivity index (χ3v) is 3.74. The number of urea groups is 1. The molecule has 22 heavy (non-hydrogen) atoms. The number of hydrogen-bond donors (Lipinski definition) is 2. The number of amides is 3. The van der Waals surface area contributed by atoms with Gasteiger partial charge in [-0.3, -0.25) is 9.48 Å². The van der Waals surface area contributed by atoms with Gasteiger partial charge >= 0.3 is 6.03 Å². The fraction of sp³-hybridized carbons (Fsp3) is 0.667. The molecule has 2 rings (SSSR count). The maximum Gasteiger partial charge on any atom is 0.315 e. The molecule has 0 bridgehead atoms. The lowest BCUT2D eigenvalue weighted by Crippen LogP contribution is -2.45. The average molecular weight is 307 g/mol. The molecule has 0 aromatic carbocycles. The van der Waals surface area contributed by atoms with Crippen LogP contribution in [0.2, 0.25) is 0 Å². The van der Waals surface area contributed by atoms with Crippen LogP contribution in [-0.4, -0.2) is 52.3 Å². The summed E-state index contributed by atoms with van der Waals surface area (Å²) >= 11 is 0. The minimum atomic E-state index is -0.207. The normalized spacial score (nSPS) is 17.0. The minimum absolute atomic E-state index is 0.0141. The summed E-state index contributed by atoms with van der Waals surface area (Å²) < 4.78 is 1.78. The molecule has 1 atom stereocenters. The van der Waals surface area contributed by atoms with Crippen LogP contribution in [0.5, 0.6) is 0 Å². The number of carbonyl (C=O) groups is 2. The van der Waals surface area contributed by atoms with Gasteiger partial charge in [-0.2, -0.15) is 5.10 Å². The van der Waals surface area contributed by atoms with E-state index in [4.69, 9.17) is 0 Å². The van der Waals surface area contributed by atoms with Gasteiger partial charge in [-0.15, -0.1) is 0 Å². The third-order valence-electron chi connectivity index (χ3n) is 3.74. The molecular formula is C15H25N5O2. The number of carbonyl (C=O) groups excluding carboxylic acids is 2. The summed E-state index contributed by atoms with van der Waals surface area (Å²) in [5, 5.41) is 9.78. The van der Waals surface area contributed by atoms with Gasteiger partial charge in [0.05, 0.1) is 6.54 Å². The Morgan fingerprint density at radius 2 is 2.27 bits per heavy atom. The van der Waals surface area contributed by atoms with Crippen LogP contribution in [0.25, 0.3) is 0 Å². The van der Waals surface area contributed by atoms with E-state index >= 15 is 0 Å². The Morgan fingerprint density at radius 3 is 3.05 bits per heavy atom. The van der Waals surface area contributed by atoms with Crippen molar-refractivity contribution >= 4 is 11.9 Å². The van der Waals surface area contributed by atoms with Gasteiger partial charge in [-0.1, -0.05) is 6.42 Å². The third kappa shape index (κ3) is 5.38. The molecule has 2 N–H and O–H groups in total. The van der Waals surface area contributed by atoms with Crippen molar-refractivity contribution in [1.29, 1.82) is 0 Å². The molecule has 0 radical (unpaired) electrons. The Bertz CT molecular complexity index is 474. The highest BCUT2D eigenvalue weighted by Gasteiger charge is 2.16. The molecule has 7 nitrogen and oxygen atoms in total. The zero-order chi connectivity index (χ0) is 15.8. The molecule has 1 fully saturated rings. The summed E-state index contributed by atoms with van der Waals surface area (Å²) in [6.07, 6.45) is 7.35. The molecule has 3 amide bonds. The summed E-state index contributed by atoms with van der Waals surface area (Å²) in [6.45, 7) is 4.42. The molecule has 7 heteroatoms. The largest absolute Gasteiger partial charge is 0.341 e. The molecule has 1 saturated heterocycles. The van der Waals surface area contributed by atoms with Crippen LogP contribution in [-0.2, 0) is 11.3 Å². The molecule has 0 spiro atoms. The molecule has 0 saturated carbocycles. The fourth-order valence-corrected chi connectivity index (χ4v) is 2.59. The first-order valence-corrected chi connectivity index (χ1v) is 7.94. The van der Waals surface area contributed by atoms with E-state index < -0.39 is 0 Å². The van der Waals surface area contributed by atoms with Crippen molar-refractivity contribution in [3.05, 3.63) is 18.5 Å². The summed E-state index contributed by atoms with van der Waals surface area (Å²) in [4.78, 5) is 25.5. The van der Waals surface area contributed by atoms with Gasteiger partial charge in [-0.25, -0.2) is 4.79 Å². The highest BCUT2D eigenvalue weighted by Crippen LogP contribution is 2.10. The van der Waals surface area contributed by atoms with Crippen LogP contribution in [0, 0.1) is 0 Å². The first-order chi connectivity index (χ1) is 10.6. The smallest absolute Gasteiger partial charge is 0.315 e. The van der Waals surface area contributed by atoms with Gasteiger partial charge in [-0.05, 0) is 25.8 Å². The number of likely N-dealkylation sites (tertiary alicyclic amines) is 1. The first-order valence-electron chi connectivity index (χ1n) is 7.94. The Hall–Kier alpha value is -2.05. The van der Waals surface area contributed by atoms with E-state index in [0.29, 0.717) is 26.1 Å². The van der Waals surface area contributed by atoms with Crippen LogP contribution in [0.4, 0.5) is 4.79 Å². The Morgan fingerprint density at radius 1 is 1.41 bits per heavy atom. The van der Waals surface area contributed by atoms with E-state index in [-0.39, 0.29) is 18.0 Å². The SMILES string of the molecule is C[C@@H](Cn1cccn1)NC(=O)NCCN1CCCCCC1=O. The van der Waals surface area contributed by atoms with Crippen molar-refractivity contribution in [1.82, 2.24) is 25.3 Å². The van der Waals surface area contributed by atoms with Crippen LogP contribution < -0.4 is 10.6 Å². The summed E-state index contributed by atoms with van der Waals surface area (Å²) in [5.74, 6) is 0.201. The lowest BCUT2D eigenvalue weighted by atomic mass is 10.2. The van der Waals surface area contributed by atoms with Crippen LogP contribution in [0.15, 0.2) is 18.5 Å². The van der Waals surface area contributed by atoms with Crippen molar-refractivity contribution in [2.45, 2.75) is 45.2 Å². The predicted molar refractivity (Wildman–Crippen MR) is 83.3 cm³/mol. The van der Waals surface area contributed by atoms with Crippen LogP contribution in [0.1, 0.15) is 32.6 Å². The maximum absolute atomic E-state index is 11.8. The monoisotopic (exact) mass is 307 g/mol. The molecule has 0 aliphatic carbocycles. The zero-order valence-corrected chi connectivity index (χ0v) is 13.1. The van der Waals surface area contributed by atoms with Crippen molar-refractivity contribution < 1.29 is 9.59 Å². The van der Waals surface area contributed by atoms with Crippen molar-refractivity contribution in [2.24, 2.45) is 0 Å². The van der Waals surface area contributed by atoms with E-state index in [1.165, 1.54) is 0 Å². The van der Waals surface area contributed by atoms with Gasteiger partial charge in [0.25, 0.3) is 0 Å². The lowest BCUT2D eigenvalue weighted by Gasteiger charge is -2.21. The lowest BCUT2D eigenvalue weighted by molar-refractivity contribution is -0.130. The number of rotatable bonds is 6. The highest BCUT2D eigenvalue weighted by molar-refractivity contribution is 5.76. The van der Waals surface area contributed by atoms with E-state index in [9.17, 15) is 9.59 Å². The van der Waals surface area contributed by atoms with Gasteiger partial charge in [0, 0.05) is 44.5 Å². The fourth-order valence-electron chi connectivity index (χ4n) is 2.59. The minimum Gasteiger partial charge on any atom is -0.341 e. The van der Waals surface area contributed by atoms with Gasteiger partial charge in [0.2, 0.25) is 5.91 Å². The number of nitrogens with one attached hydrogen (secondary N) is 2. The average Bonchev–Trinajstić information content (AvgIpc) is 2.89. The summed E-state index contributed by atoms with van der Waals surface area (Å²) in [5.41, 5.74) is 0. The van der Waals surface area contributed by atoms with Crippen molar-refractivity contribution in [3.63, 3.8) is 0 Å². The quantitative estimate of drug-likeness (QED) is 0.822. The summed E-state index contributed by atoms with van der Waals surface area (Å²) in [7, 11) is 0. The van der Waals surface area contributed by atoms with E-state index in [1.807, 2.05) is 24.1 Å². The van der Waals surface area contributed by atoms with Gasteiger partial charge < -0.3 is 15.5 Å².